The first-order chi connectivity index (χ1) is 7.62. The highest BCUT2D eigenvalue weighted by atomic mass is 19.1. The second-order valence-electron chi connectivity index (χ2n) is 4.41. The molecule has 0 aromatic heterocycles. The average Bonchev–Trinajstić information content (AvgIpc) is 2.30. The second-order valence-corrected chi connectivity index (χ2v) is 4.41. The van der Waals surface area contributed by atoms with Gasteiger partial charge in [-0.2, -0.15) is 0 Å². The molecule has 1 saturated carbocycles. The van der Waals surface area contributed by atoms with Crippen molar-refractivity contribution in [2.24, 2.45) is 0 Å². The molecule has 3 heteroatoms. The number of halogens is 1. The van der Waals surface area contributed by atoms with Gasteiger partial charge in [-0.15, -0.1) is 0 Å². The summed E-state index contributed by atoms with van der Waals surface area (Å²) in [4.78, 5) is 10.7. The Morgan fingerprint density at radius 1 is 1.12 bits per heavy atom. The van der Waals surface area contributed by atoms with E-state index in [0.717, 1.165) is 19.3 Å². The quantitative estimate of drug-likeness (QED) is 0.831. The highest BCUT2D eigenvalue weighted by Crippen LogP contribution is 2.40. The fraction of sp³-hybridized carbons (Fsp3) is 0.462. The fourth-order valence-corrected chi connectivity index (χ4v) is 2.31. The van der Waals surface area contributed by atoms with Crippen molar-refractivity contribution in [3.63, 3.8) is 0 Å². The molecule has 2 nitrogen and oxygen atoms in total. The molecule has 0 unspecified atom stereocenters. The Kier molecular flexibility index (Phi) is 2.95. The predicted octanol–water partition coefficient (Wildman–Crippen LogP) is 3.51. The standard InChI is InChI=1S/C13H15FO2/c14-13(8-2-1-3-9-13)11-6-4-10(5-7-11)12(15)16/h4-7H,1-3,8-9H2,(H,15,16). The summed E-state index contributed by atoms with van der Waals surface area (Å²) in [6.45, 7) is 0. The van der Waals surface area contributed by atoms with Crippen LogP contribution in [-0.4, -0.2) is 11.1 Å². The van der Waals surface area contributed by atoms with E-state index >= 15 is 0 Å². The van der Waals surface area contributed by atoms with E-state index in [2.05, 4.69) is 0 Å². The first-order valence-electron chi connectivity index (χ1n) is 5.65. The van der Waals surface area contributed by atoms with E-state index in [1.807, 2.05) is 0 Å². The number of benzene rings is 1. The van der Waals surface area contributed by atoms with E-state index in [-0.39, 0.29) is 5.56 Å². The molecule has 0 spiro atoms. The van der Waals surface area contributed by atoms with Gasteiger partial charge in [0, 0.05) is 0 Å². The number of carbonyl (C=O) groups is 1. The number of hydrogen-bond donors (Lipinski definition) is 1. The summed E-state index contributed by atoms with van der Waals surface area (Å²) in [5.41, 5.74) is -0.407. The largest absolute Gasteiger partial charge is 0.478 e. The van der Waals surface area contributed by atoms with Crippen molar-refractivity contribution in [3.8, 4) is 0 Å². The van der Waals surface area contributed by atoms with Crippen LogP contribution in [-0.2, 0) is 5.67 Å². The van der Waals surface area contributed by atoms with Crippen molar-refractivity contribution in [2.45, 2.75) is 37.8 Å². The molecular weight excluding hydrogens is 207 g/mol. The van der Waals surface area contributed by atoms with Gasteiger partial charge >= 0.3 is 5.97 Å². The molecule has 1 aromatic carbocycles. The number of carboxylic acid groups (broad SMARTS) is 1. The number of alkyl halides is 1. The summed E-state index contributed by atoms with van der Waals surface area (Å²) in [6, 6.07) is 6.17. The van der Waals surface area contributed by atoms with Crippen LogP contribution in [0, 0.1) is 0 Å². The molecule has 0 heterocycles. The lowest BCUT2D eigenvalue weighted by Crippen LogP contribution is -2.23. The lowest BCUT2D eigenvalue weighted by Gasteiger charge is -2.29. The Morgan fingerprint density at radius 2 is 1.69 bits per heavy atom. The van der Waals surface area contributed by atoms with Crippen molar-refractivity contribution >= 4 is 5.97 Å². The minimum absolute atomic E-state index is 0.211. The molecule has 1 aliphatic carbocycles. The van der Waals surface area contributed by atoms with Gasteiger partial charge < -0.3 is 5.11 Å². The minimum Gasteiger partial charge on any atom is -0.478 e. The van der Waals surface area contributed by atoms with Crippen LogP contribution in [0.25, 0.3) is 0 Å². The van der Waals surface area contributed by atoms with E-state index in [1.54, 1.807) is 12.1 Å². The van der Waals surface area contributed by atoms with E-state index in [9.17, 15) is 9.18 Å². The van der Waals surface area contributed by atoms with Gasteiger partial charge in [-0.1, -0.05) is 18.6 Å². The van der Waals surface area contributed by atoms with Crippen LogP contribution in [0.3, 0.4) is 0 Å². The maximum Gasteiger partial charge on any atom is 0.335 e. The first-order valence-corrected chi connectivity index (χ1v) is 5.65. The molecule has 0 saturated heterocycles. The van der Waals surface area contributed by atoms with Crippen LogP contribution in [0.4, 0.5) is 4.39 Å². The first kappa shape index (κ1) is 11.1. The highest BCUT2D eigenvalue weighted by Gasteiger charge is 2.33. The van der Waals surface area contributed by atoms with Gasteiger partial charge in [-0.05, 0) is 43.4 Å². The summed E-state index contributed by atoms with van der Waals surface area (Å²) in [6.07, 6.45) is 4.03. The van der Waals surface area contributed by atoms with Crippen molar-refractivity contribution in [2.75, 3.05) is 0 Å². The lowest BCUT2D eigenvalue weighted by atomic mass is 9.81. The molecule has 1 aliphatic rings. The SMILES string of the molecule is O=C(O)c1ccc(C2(F)CCCCC2)cc1. The van der Waals surface area contributed by atoms with E-state index < -0.39 is 11.6 Å². The molecule has 16 heavy (non-hydrogen) atoms. The molecule has 1 N–H and O–H groups in total. The molecule has 1 aromatic rings. The topological polar surface area (TPSA) is 37.3 Å². The van der Waals surface area contributed by atoms with Crippen molar-refractivity contribution in [1.29, 1.82) is 0 Å². The van der Waals surface area contributed by atoms with Crippen LogP contribution in [0.1, 0.15) is 48.0 Å². The molecule has 0 amide bonds. The fourth-order valence-electron chi connectivity index (χ4n) is 2.31. The van der Waals surface area contributed by atoms with Crippen LogP contribution in [0.5, 0.6) is 0 Å². The summed E-state index contributed by atoms with van der Waals surface area (Å²) < 4.78 is 14.5. The molecular formula is C13H15FO2. The molecule has 0 radical (unpaired) electrons. The van der Waals surface area contributed by atoms with Crippen LogP contribution >= 0.6 is 0 Å². The van der Waals surface area contributed by atoms with Crippen molar-refractivity contribution < 1.29 is 14.3 Å². The van der Waals surface area contributed by atoms with Gasteiger partial charge in [0.25, 0.3) is 0 Å². The maximum atomic E-state index is 14.5. The third-order valence-corrected chi connectivity index (χ3v) is 3.30. The number of rotatable bonds is 2. The van der Waals surface area contributed by atoms with Gasteiger partial charge in [-0.25, -0.2) is 9.18 Å². The van der Waals surface area contributed by atoms with Gasteiger partial charge in [-0.3, -0.25) is 0 Å². The Labute approximate surface area is 94.1 Å². The van der Waals surface area contributed by atoms with Crippen LogP contribution < -0.4 is 0 Å². The smallest absolute Gasteiger partial charge is 0.335 e. The highest BCUT2D eigenvalue weighted by molar-refractivity contribution is 5.87. The summed E-state index contributed by atoms with van der Waals surface area (Å²) in [5.74, 6) is -0.969. The molecule has 0 atom stereocenters. The molecule has 0 bridgehead atoms. The average molecular weight is 222 g/mol. The second kappa shape index (κ2) is 4.24. The maximum absolute atomic E-state index is 14.5. The van der Waals surface area contributed by atoms with Crippen LogP contribution in [0.15, 0.2) is 24.3 Å². The zero-order valence-corrected chi connectivity index (χ0v) is 9.08. The number of carboxylic acids is 1. The Morgan fingerprint density at radius 3 is 2.19 bits per heavy atom. The van der Waals surface area contributed by atoms with Gasteiger partial charge in [0.15, 0.2) is 0 Å². The molecule has 1 fully saturated rings. The van der Waals surface area contributed by atoms with Crippen molar-refractivity contribution in [1.82, 2.24) is 0 Å². The monoisotopic (exact) mass is 222 g/mol. The van der Waals surface area contributed by atoms with Gasteiger partial charge in [0.2, 0.25) is 0 Å². The zero-order valence-electron chi connectivity index (χ0n) is 9.08. The molecule has 0 aliphatic heterocycles. The Balaban J connectivity index is 2.23. The summed E-state index contributed by atoms with van der Waals surface area (Å²) in [7, 11) is 0. The third kappa shape index (κ3) is 2.08. The Bertz CT molecular complexity index is 377. The van der Waals surface area contributed by atoms with Crippen LogP contribution in [0.2, 0.25) is 0 Å². The Hall–Kier alpha value is -1.38. The zero-order chi connectivity index (χ0) is 11.6. The third-order valence-electron chi connectivity index (χ3n) is 3.30. The normalized spacial score (nSPS) is 19.3. The van der Waals surface area contributed by atoms with E-state index in [4.69, 9.17) is 5.11 Å². The number of aromatic carboxylic acids is 1. The van der Waals surface area contributed by atoms with Crippen molar-refractivity contribution in [3.05, 3.63) is 35.4 Å². The van der Waals surface area contributed by atoms with Gasteiger partial charge in [0.05, 0.1) is 5.56 Å². The number of hydrogen-bond acceptors (Lipinski definition) is 1. The lowest BCUT2D eigenvalue weighted by molar-refractivity contribution is 0.0696. The molecule has 2 rings (SSSR count). The predicted molar refractivity (Wildman–Crippen MR) is 59.3 cm³/mol. The summed E-state index contributed by atoms with van der Waals surface area (Å²) >= 11 is 0. The van der Waals surface area contributed by atoms with E-state index in [1.165, 1.54) is 12.1 Å². The van der Waals surface area contributed by atoms with E-state index in [0.29, 0.717) is 18.4 Å². The minimum atomic E-state index is -1.24. The summed E-state index contributed by atoms with van der Waals surface area (Å²) in [5, 5.41) is 8.76. The molecule has 86 valence electrons. The van der Waals surface area contributed by atoms with Gasteiger partial charge in [0.1, 0.15) is 5.67 Å².